The first-order valence-electron chi connectivity index (χ1n) is 17.4. The Morgan fingerprint density at radius 1 is 1.11 bits per heavy atom. The summed E-state index contributed by atoms with van der Waals surface area (Å²) in [7, 11) is -2.26. The van der Waals surface area contributed by atoms with Crippen molar-refractivity contribution in [2.24, 2.45) is 23.7 Å². The molecular formula is C37H49ClN2O6S. The highest BCUT2D eigenvalue weighted by Gasteiger charge is 2.45. The molecule has 1 amide bonds. The number of halogens is 1. The van der Waals surface area contributed by atoms with Crippen molar-refractivity contribution < 1.29 is 27.5 Å². The Morgan fingerprint density at radius 3 is 2.70 bits per heavy atom. The van der Waals surface area contributed by atoms with Crippen molar-refractivity contribution in [2.45, 2.75) is 88.7 Å². The van der Waals surface area contributed by atoms with Gasteiger partial charge in [0.15, 0.2) is 0 Å². The zero-order valence-corrected chi connectivity index (χ0v) is 29.5. The van der Waals surface area contributed by atoms with Crippen molar-refractivity contribution in [3.8, 4) is 5.75 Å². The van der Waals surface area contributed by atoms with E-state index in [0.29, 0.717) is 56.5 Å². The van der Waals surface area contributed by atoms with Gasteiger partial charge in [-0.1, -0.05) is 31.0 Å². The van der Waals surface area contributed by atoms with Crippen LogP contribution in [0.3, 0.4) is 0 Å². The Hall–Kier alpha value is -2.62. The summed E-state index contributed by atoms with van der Waals surface area (Å²) >= 11 is 6.44. The maximum absolute atomic E-state index is 13.8. The highest BCUT2D eigenvalue weighted by atomic mass is 35.5. The van der Waals surface area contributed by atoms with Crippen molar-refractivity contribution in [3.05, 3.63) is 58.1 Å². The van der Waals surface area contributed by atoms with Crippen LogP contribution in [0.15, 0.2) is 36.4 Å². The Kier molecular flexibility index (Phi) is 10.3. The van der Waals surface area contributed by atoms with Gasteiger partial charge in [-0.2, -0.15) is 0 Å². The van der Waals surface area contributed by atoms with E-state index in [9.17, 15) is 18.0 Å². The van der Waals surface area contributed by atoms with Gasteiger partial charge < -0.3 is 14.4 Å². The van der Waals surface area contributed by atoms with Crippen molar-refractivity contribution in [1.82, 2.24) is 4.72 Å². The SMILES string of the molecule is COCCCC(=O)[C@H]1CCC[C@H](C)[C@@H](C)S(=O)(=O)NC(=O)c2ccc3c(c2)N(C[C@@H]2CC[C@H]21)C[C@@]1(CCCc2cc(Cl)ccc21)CO3. The third-order valence-corrected chi connectivity index (χ3v) is 13.8. The number of aryl methyl sites for hydroxylation is 1. The molecule has 1 spiro atoms. The minimum atomic E-state index is -3.93. The fraction of sp³-hybridized carbons (Fsp3) is 0.622. The van der Waals surface area contributed by atoms with Crippen LogP contribution < -0.4 is 14.4 Å². The van der Waals surface area contributed by atoms with Gasteiger partial charge in [-0.15, -0.1) is 0 Å². The van der Waals surface area contributed by atoms with Gasteiger partial charge in [0.1, 0.15) is 11.5 Å². The van der Waals surface area contributed by atoms with Gasteiger partial charge in [0.25, 0.3) is 5.91 Å². The Labute approximate surface area is 285 Å². The average molecular weight is 685 g/mol. The lowest BCUT2D eigenvalue weighted by atomic mass is 9.63. The van der Waals surface area contributed by atoms with Crippen molar-refractivity contribution >= 4 is 39.0 Å². The van der Waals surface area contributed by atoms with Crippen molar-refractivity contribution in [2.75, 3.05) is 38.3 Å². The lowest BCUT2D eigenvalue weighted by molar-refractivity contribution is -0.127. The second-order valence-electron chi connectivity index (χ2n) is 14.5. The molecule has 4 aliphatic rings. The number of nitrogens with one attached hydrogen (secondary N) is 1. The first-order chi connectivity index (χ1) is 22.5. The van der Waals surface area contributed by atoms with Crippen LogP contribution in [-0.2, 0) is 31.4 Å². The molecule has 6 rings (SSSR count). The minimum Gasteiger partial charge on any atom is -0.490 e. The molecule has 0 aromatic heterocycles. The van der Waals surface area contributed by atoms with E-state index >= 15 is 0 Å². The number of Topliss-reactive ketones (excluding diaryl/α,β-unsaturated/α-hetero) is 1. The van der Waals surface area contributed by atoms with Crippen LogP contribution in [0.2, 0.25) is 5.02 Å². The van der Waals surface area contributed by atoms with E-state index in [-0.39, 0.29) is 28.7 Å². The van der Waals surface area contributed by atoms with Gasteiger partial charge in [0.05, 0.1) is 17.5 Å². The predicted molar refractivity (Wildman–Crippen MR) is 185 cm³/mol. The summed E-state index contributed by atoms with van der Waals surface area (Å²) in [6.07, 6.45) is 8.40. The largest absolute Gasteiger partial charge is 0.490 e. The average Bonchev–Trinajstić information content (AvgIpc) is 3.18. The van der Waals surface area contributed by atoms with E-state index in [0.717, 1.165) is 62.2 Å². The number of anilines is 1. The second-order valence-corrected chi connectivity index (χ2v) is 17.0. The van der Waals surface area contributed by atoms with Crippen LogP contribution in [0.4, 0.5) is 5.69 Å². The highest BCUT2D eigenvalue weighted by Crippen LogP contribution is 2.48. The number of sulfonamides is 1. The second kappa shape index (κ2) is 14.1. The molecule has 10 heteroatoms. The summed E-state index contributed by atoms with van der Waals surface area (Å²) < 4.78 is 41.0. The van der Waals surface area contributed by atoms with Crippen molar-refractivity contribution in [3.63, 3.8) is 0 Å². The molecule has 1 saturated carbocycles. The van der Waals surface area contributed by atoms with Crippen LogP contribution in [0.1, 0.15) is 93.1 Å². The smallest absolute Gasteiger partial charge is 0.264 e. The number of nitrogens with zero attached hydrogens (tertiary/aromatic N) is 1. The number of amides is 1. The van der Waals surface area contributed by atoms with Crippen LogP contribution in [0.25, 0.3) is 0 Å². The summed E-state index contributed by atoms with van der Waals surface area (Å²) in [5.41, 5.74) is 3.33. The first-order valence-corrected chi connectivity index (χ1v) is 19.3. The number of ether oxygens (including phenoxy) is 2. The summed E-state index contributed by atoms with van der Waals surface area (Å²) in [6.45, 7) is 6.08. The van der Waals surface area contributed by atoms with E-state index in [4.69, 9.17) is 21.1 Å². The van der Waals surface area contributed by atoms with Gasteiger partial charge in [-0.25, -0.2) is 13.1 Å². The molecule has 6 atom stereocenters. The quantitative estimate of drug-likeness (QED) is 0.349. The predicted octanol–water partition coefficient (Wildman–Crippen LogP) is 6.72. The molecule has 2 bridgehead atoms. The molecule has 2 aromatic carbocycles. The molecule has 2 heterocycles. The minimum absolute atomic E-state index is 0.0575. The van der Waals surface area contributed by atoms with Crippen LogP contribution >= 0.6 is 11.6 Å². The van der Waals surface area contributed by atoms with E-state index < -0.39 is 21.2 Å². The Morgan fingerprint density at radius 2 is 1.94 bits per heavy atom. The van der Waals surface area contributed by atoms with E-state index in [1.807, 2.05) is 19.1 Å². The third-order valence-electron chi connectivity index (χ3n) is 11.6. The van der Waals surface area contributed by atoms with E-state index in [1.165, 1.54) is 11.1 Å². The number of methoxy groups -OCH3 is 1. The van der Waals surface area contributed by atoms with Gasteiger partial charge in [0, 0.05) is 55.1 Å². The van der Waals surface area contributed by atoms with Crippen LogP contribution in [0, 0.1) is 23.7 Å². The number of ketones is 1. The number of hydrogen-bond acceptors (Lipinski definition) is 7. The Balaban J connectivity index is 1.40. The molecule has 0 radical (unpaired) electrons. The number of fused-ring (bicyclic) bond motifs is 4. The van der Waals surface area contributed by atoms with Crippen LogP contribution in [0.5, 0.6) is 5.75 Å². The summed E-state index contributed by atoms with van der Waals surface area (Å²) in [5.74, 6) is 0.724. The first kappa shape index (κ1) is 34.3. The summed E-state index contributed by atoms with van der Waals surface area (Å²) in [5, 5.41) is -0.0245. The number of carbonyl (C=O) groups excluding carboxylic acids is 2. The molecule has 0 saturated heterocycles. The number of rotatable bonds is 5. The molecule has 1 fully saturated rings. The third kappa shape index (κ3) is 7.09. The number of benzene rings is 2. The van der Waals surface area contributed by atoms with Crippen molar-refractivity contribution in [1.29, 1.82) is 0 Å². The lowest BCUT2D eigenvalue weighted by Crippen LogP contribution is -2.49. The molecular weight excluding hydrogens is 636 g/mol. The molecule has 2 aliphatic heterocycles. The molecule has 47 heavy (non-hydrogen) atoms. The molecule has 2 aliphatic carbocycles. The van der Waals surface area contributed by atoms with E-state index in [1.54, 1.807) is 26.2 Å². The highest BCUT2D eigenvalue weighted by molar-refractivity contribution is 7.90. The zero-order valence-electron chi connectivity index (χ0n) is 27.9. The van der Waals surface area contributed by atoms with E-state index in [2.05, 4.69) is 21.8 Å². The van der Waals surface area contributed by atoms with Gasteiger partial charge in [0.2, 0.25) is 10.0 Å². The monoisotopic (exact) mass is 684 g/mol. The van der Waals surface area contributed by atoms with Gasteiger partial charge in [-0.05, 0) is 118 Å². The zero-order chi connectivity index (χ0) is 33.3. The van der Waals surface area contributed by atoms with Crippen LogP contribution in [-0.4, -0.2) is 58.8 Å². The fourth-order valence-electron chi connectivity index (χ4n) is 8.56. The Bertz CT molecular complexity index is 1600. The normalized spacial score (nSPS) is 30.6. The topological polar surface area (TPSA) is 102 Å². The molecule has 1 N–H and O–H groups in total. The maximum Gasteiger partial charge on any atom is 0.264 e. The number of carbonyl (C=O) groups is 2. The molecule has 8 nitrogen and oxygen atoms in total. The van der Waals surface area contributed by atoms with Gasteiger partial charge in [-0.3, -0.25) is 9.59 Å². The summed E-state index contributed by atoms with van der Waals surface area (Å²) in [6, 6.07) is 11.5. The molecule has 0 unspecified atom stereocenters. The lowest BCUT2D eigenvalue weighted by Gasteiger charge is -2.46. The maximum atomic E-state index is 13.8. The number of hydrogen-bond donors (Lipinski definition) is 1. The molecule has 2 aromatic rings. The summed E-state index contributed by atoms with van der Waals surface area (Å²) in [4.78, 5) is 29.6. The standard InChI is InChI=1S/C37H49ClN2O6S/c1-24-7-4-9-31(34(41)10-6-18-45-3)30-14-11-28(30)21-40-22-37(17-5-8-26-19-29(38)13-15-32(26)37)23-46-35-16-12-27(20-33(35)40)36(42)39-47(43,44)25(24)2/h12-13,15-16,19-20,24-25,28,30-31H,4-11,14,17-18,21-23H2,1-3H3,(H,39,42)/t24-,25+,28-,30+,31-,37-/m0/s1. The van der Waals surface area contributed by atoms with Gasteiger partial charge >= 0.3 is 0 Å². The fourth-order valence-corrected chi connectivity index (χ4v) is 10.1. The molecule has 256 valence electrons.